The van der Waals surface area contributed by atoms with Gasteiger partial charge in [-0.15, -0.1) is 0 Å². The van der Waals surface area contributed by atoms with E-state index in [1.807, 2.05) is 37.4 Å². The van der Waals surface area contributed by atoms with Gasteiger partial charge in [-0.1, -0.05) is 13.8 Å². The highest BCUT2D eigenvalue weighted by atomic mass is 16.5. The lowest BCUT2D eigenvalue weighted by Crippen LogP contribution is -2.43. The van der Waals surface area contributed by atoms with Crippen molar-refractivity contribution in [1.29, 1.82) is 5.26 Å². The summed E-state index contributed by atoms with van der Waals surface area (Å²) in [6.45, 7) is 6.74. The molecule has 0 saturated heterocycles. The van der Waals surface area contributed by atoms with Crippen LogP contribution < -0.4 is 10.5 Å². The molecule has 1 aromatic carbocycles. The summed E-state index contributed by atoms with van der Waals surface area (Å²) in [5.74, 6) is 1.20. The number of rotatable bonds is 6. The van der Waals surface area contributed by atoms with Crippen molar-refractivity contribution in [2.45, 2.75) is 52.0 Å². The molecule has 3 rings (SSSR count). The van der Waals surface area contributed by atoms with Crippen LogP contribution in [0.15, 0.2) is 30.5 Å². The third-order valence-electron chi connectivity index (χ3n) is 4.83. The molecule has 0 unspecified atom stereocenters. The van der Waals surface area contributed by atoms with E-state index in [1.54, 1.807) is 0 Å². The highest BCUT2D eigenvalue weighted by molar-refractivity contribution is 5.75. The zero-order valence-electron chi connectivity index (χ0n) is 15.9. The molecule has 0 amide bonds. The summed E-state index contributed by atoms with van der Waals surface area (Å²) < 4.78 is 5.91. The Hall–Kier alpha value is -2.38. The minimum atomic E-state index is -0.383. The lowest BCUT2D eigenvalue weighted by Gasteiger charge is -2.26. The Bertz CT molecular complexity index is 834. The molecule has 4 heteroatoms. The first kappa shape index (κ1) is 18.4. The Labute approximate surface area is 156 Å². The summed E-state index contributed by atoms with van der Waals surface area (Å²) in [6.07, 6.45) is 5.92. The van der Waals surface area contributed by atoms with Crippen molar-refractivity contribution in [3.63, 3.8) is 0 Å². The lowest BCUT2D eigenvalue weighted by atomic mass is 9.92. The van der Waals surface area contributed by atoms with E-state index in [0.717, 1.165) is 36.8 Å². The first-order valence-corrected chi connectivity index (χ1v) is 9.32. The monoisotopic (exact) mass is 349 g/mol. The third-order valence-corrected chi connectivity index (χ3v) is 4.83. The number of hydrogen-bond acceptors (Lipinski definition) is 4. The number of nitrogens with two attached hydrogens (primary N) is 1. The highest BCUT2D eigenvalue weighted by Crippen LogP contribution is 2.34. The number of pyridine rings is 1. The third kappa shape index (κ3) is 4.05. The van der Waals surface area contributed by atoms with E-state index in [0.29, 0.717) is 23.8 Å². The van der Waals surface area contributed by atoms with Gasteiger partial charge in [-0.05, 0) is 73.9 Å². The van der Waals surface area contributed by atoms with E-state index < -0.39 is 0 Å². The summed E-state index contributed by atoms with van der Waals surface area (Å²) >= 11 is 0. The molecule has 0 spiro atoms. The van der Waals surface area contributed by atoms with E-state index in [4.69, 9.17) is 10.5 Å². The number of nitriles is 1. The molecule has 1 heterocycles. The second kappa shape index (κ2) is 7.47. The van der Waals surface area contributed by atoms with Crippen LogP contribution in [0.2, 0.25) is 0 Å². The van der Waals surface area contributed by atoms with Gasteiger partial charge in [-0.2, -0.15) is 5.26 Å². The van der Waals surface area contributed by atoms with E-state index in [-0.39, 0.29) is 5.54 Å². The van der Waals surface area contributed by atoms with Crippen molar-refractivity contribution < 1.29 is 4.74 Å². The Kier molecular flexibility index (Phi) is 5.29. The predicted octanol–water partition coefficient (Wildman–Crippen LogP) is 4.25. The van der Waals surface area contributed by atoms with Crippen molar-refractivity contribution in [1.82, 2.24) is 4.98 Å². The van der Waals surface area contributed by atoms with Gasteiger partial charge in [0, 0.05) is 23.0 Å². The fraction of sp³-hybridized carbons (Fsp3) is 0.455. The second-order valence-electron chi connectivity index (χ2n) is 8.00. The molecular formula is C22H27N3O. The second-order valence-corrected chi connectivity index (χ2v) is 8.00. The first-order chi connectivity index (χ1) is 12.4. The Morgan fingerprint density at radius 2 is 2.08 bits per heavy atom. The van der Waals surface area contributed by atoms with E-state index >= 15 is 0 Å². The standard InChI is InChI=1S/C22H27N3O/c1-15(2)12-22(3,24)14-26-17-7-8-18(16(11-17)13-23)19-9-10-25-21-6-4-5-20(19)21/h7-11,15H,4-6,12,14,24H2,1-3H3/t22-/m0/s1. The number of benzene rings is 1. The number of aryl methyl sites for hydroxylation is 1. The quantitative estimate of drug-likeness (QED) is 0.846. The van der Waals surface area contributed by atoms with Crippen LogP contribution in [0.4, 0.5) is 0 Å². The first-order valence-electron chi connectivity index (χ1n) is 9.32. The van der Waals surface area contributed by atoms with Gasteiger partial charge in [0.1, 0.15) is 12.4 Å². The van der Waals surface area contributed by atoms with Crippen LogP contribution in [0.1, 0.15) is 50.4 Å². The van der Waals surface area contributed by atoms with Crippen molar-refractivity contribution >= 4 is 0 Å². The lowest BCUT2D eigenvalue weighted by molar-refractivity contribution is 0.206. The molecular weight excluding hydrogens is 322 g/mol. The summed E-state index contributed by atoms with van der Waals surface area (Å²) in [5, 5.41) is 9.65. The molecule has 0 radical (unpaired) electrons. The Balaban J connectivity index is 1.84. The maximum absolute atomic E-state index is 9.65. The predicted molar refractivity (Wildman–Crippen MR) is 104 cm³/mol. The van der Waals surface area contributed by atoms with Gasteiger partial charge in [0.05, 0.1) is 11.6 Å². The molecule has 0 saturated carbocycles. The minimum absolute atomic E-state index is 0.383. The van der Waals surface area contributed by atoms with Gasteiger partial charge in [-0.3, -0.25) is 4.98 Å². The number of aromatic nitrogens is 1. The molecule has 1 atom stereocenters. The number of hydrogen-bond donors (Lipinski definition) is 1. The maximum Gasteiger partial charge on any atom is 0.120 e. The molecule has 1 aliphatic carbocycles. The average Bonchev–Trinajstić information content (AvgIpc) is 3.07. The molecule has 2 N–H and O–H groups in total. The fourth-order valence-electron chi connectivity index (χ4n) is 3.90. The molecule has 4 nitrogen and oxygen atoms in total. The molecule has 0 aliphatic heterocycles. The molecule has 1 aliphatic rings. The summed E-state index contributed by atoms with van der Waals surface area (Å²) in [7, 11) is 0. The Morgan fingerprint density at radius 1 is 1.27 bits per heavy atom. The Morgan fingerprint density at radius 3 is 2.81 bits per heavy atom. The number of nitrogens with zero attached hydrogens (tertiary/aromatic N) is 2. The SMILES string of the molecule is CC(C)C[C@](C)(N)COc1ccc(-c2ccnc3c2CCC3)c(C#N)c1. The molecule has 0 fully saturated rings. The normalized spacial score (nSPS) is 15.4. The minimum Gasteiger partial charge on any atom is -0.492 e. The van der Waals surface area contributed by atoms with Crippen molar-refractivity contribution in [3.05, 3.63) is 47.3 Å². The smallest absolute Gasteiger partial charge is 0.120 e. The van der Waals surface area contributed by atoms with Crippen LogP contribution >= 0.6 is 0 Å². The molecule has 136 valence electrons. The molecule has 26 heavy (non-hydrogen) atoms. The van der Waals surface area contributed by atoms with E-state index in [1.165, 1.54) is 11.3 Å². The van der Waals surface area contributed by atoms with Crippen LogP contribution in [0.3, 0.4) is 0 Å². The van der Waals surface area contributed by atoms with Crippen LogP contribution in [-0.2, 0) is 12.8 Å². The van der Waals surface area contributed by atoms with Gasteiger partial charge in [0.15, 0.2) is 0 Å². The largest absolute Gasteiger partial charge is 0.492 e. The van der Waals surface area contributed by atoms with E-state index in [2.05, 4.69) is 24.9 Å². The average molecular weight is 349 g/mol. The van der Waals surface area contributed by atoms with Gasteiger partial charge < -0.3 is 10.5 Å². The topological polar surface area (TPSA) is 71.9 Å². The number of fused-ring (bicyclic) bond motifs is 1. The van der Waals surface area contributed by atoms with Gasteiger partial charge in [0.25, 0.3) is 0 Å². The molecule has 1 aromatic heterocycles. The zero-order valence-corrected chi connectivity index (χ0v) is 15.9. The van der Waals surface area contributed by atoms with Crippen LogP contribution in [0.25, 0.3) is 11.1 Å². The fourth-order valence-corrected chi connectivity index (χ4v) is 3.90. The maximum atomic E-state index is 9.65. The van der Waals surface area contributed by atoms with Crippen molar-refractivity contribution in [2.75, 3.05) is 6.61 Å². The number of ether oxygens (including phenoxy) is 1. The van der Waals surface area contributed by atoms with Gasteiger partial charge in [-0.25, -0.2) is 0 Å². The van der Waals surface area contributed by atoms with Gasteiger partial charge >= 0.3 is 0 Å². The van der Waals surface area contributed by atoms with Crippen molar-refractivity contribution in [3.8, 4) is 22.9 Å². The molecule has 2 aromatic rings. The molecule has 0 bridgehead atoms. The summed E-state index contributed by atoms with van der Waals surface area (Å²) in [5.41, 5.74) is 11.1. The zero-order chi connectivity index (χ0) is 18.7. The van der Waals surface area contributed by atoms with Crippen LogP contribution in [0, 0.1) is 17.2 Å². The van der Waals surface area contributed by atoms with Crippen LogP contribution in [-0.4, -0.2) is 17.1 Å². The van der Waals surface area contributed by atoms with Crippen molar-refractivity contribution in [2.24, 2.45) is 11.7 Å². The van der Waals surface area contributed by atoms with Crippen LogP contribution in [0.5, 0.6) is 5.75 Å². The van der Waals surface area contributed by atoms with Gasteiger partial charge in [0.2, 0.25) is 0 Å². The highest BCUT2D eigenvalue weighted by Gasteiger charge is 2.22. The summed E-state index contributed by atoms with van der Waals surface area (Å²) in [6, 6.07) is 10.1. The summed E-state index contributed by atoms with van der Waals surface area (Å²) in [4.78, 5) is 4.48. The van der Waals surface area contributed by atoms with E-state index in [9.17, 15) is 5.26 Å².